The second-order valence-electron chi connectivity index (χ2n) is 6.31. The number of rotatable bonds is 7. The maximum atomic E-state index is 12.7. The summed E-state index contributed by atoms with van der Waals surface area (Å²) in [5, 5.41) is 6.29. The molecule has 26 heavy (non-hydrogen) atoms. The van der Waals surface area contributed by atoms with Gasteiger partial charge >= 0.3 is 0 Å². The summed E-state index contributed by atoms with van der Waals surface area (Å²) in [6, 6.07) is 14.4. The molecule has 1 aliphatic carbocycles. The molecule has 0 spiro atoms. The Bertz CT molecular complexity index is 784. The number of ether oxygens (including phenoxy) is 1. The van der Waals surface area contributed by atoms with E-state index in [4.69, 9.17) is 16.3 Å². The second kappa shape index (κ2) is 7.79. The molecule has 136 valence electrons. The van der Waals surface area contributed by atoms with Crippen LogP contribution < -0.4 is 15.4 Å². The van der Waals surface area contributed by atoms with E-state index in [9.17, 15) is 9.59 Å². The summed E-state index contributed by atoms with van der Waals surface area (Å²) in [5.74, 6) is 0.396. The largest absolute Gasteiger partial charge is 0.484 e. The number of hydrogen-bond donors (Lipinski definition) is 2. The van der Waals surface area contributed by atoms with Crippen LogP contribution in [0.3, 0.4) is 0 Å². The molecular formula is C20H21ClN2O3. The van der Waals surface area contributed by atoms with E-state index in [1.807, 2.05) is 31.2 Å². The smallest absolute Gasteiger partial charge is 0.257 e. The highest BCUT2D eigenvalue weighted by Gasteiger charge is 2.51. The lowest BCUT2D eigenvalue weighted by Gasteiger charge is -2.16. The zero-order valence-corrected chi connectivity index (χ0v) is 15.3. The van der Waals surface area contributed by atoms with Crippen molar-refractivity contribution in [3.8, 4) is 5.75 Å². The van der Waals surface area contributed by atoms with Gasteiger partial charge in [0.15, 0.2) is 6.61 Å². The molecule has 2 amide bonds. The molecule has 5 nitrogen and oxygen atoms in total. The summed E-state index contributed by atoms with van der Waals surface area (Å²) in [7, 11) is 0. The molecule has 0 saturated heterocycles. The molecular weight excluding hydrogens is 352 g/mol. The first kappa shape index (κ1) is 18.3. The Balaban J connectivity index is 1.59. The van der Waals surface area contributed by atoms with Crippen LogP contribution in [0, 0.1) is 0 Å². The quantitative estimate of drug-likeness (QED) is 0.781. The lowest BCUT2D eigenvalue weighted by Crippen LogP contribution is -2.28. The van der Waals surface area contributed by atoms with Crippen molar-refractivity contribution in [2.75, 3.05) is 18.5 Å². The van der Waals surface area contributed by atoms with Gasteiger partial charge in [-0.1, -0.05) is 23.7 Å². The lowest BCUT2D eigenvalue weighted by molar-refractivity contribution is -0.123. The number of carbonyl (C=O) groups excluding carboxylic acids is 2. The van der Waals surface area contributed by atoms with E-state index in [1.165, 1.54) is 0 Å². The van der Waals surface area contributed by atoms with Crippen LogP contribution in [0.4, 0.5) is 5.69 Å². The van der Waals surface area contributed by atoms with Gasteiger partial charge in [-0.05, 0) is 61.7 Å². The summed E-state index contributed by atoms with van der Waals surface area (Å²) < 4.78 is 5.40. The van der Waals surface area contributed by atoms with Crippen LogP contribution in [0.1, 0.15) is 25.3 Å². The zero-order chi connectivity index (χ0) is 18.6. The SMILES string of the molecule is CCNC(=O)COc1ccc(NC(=O)C2(c3ccc(Cl)cc3)CC2)cc1. The van der Waals surface area contributed by atoms with Gasteiger partial charge in [0.05, 0.1) is 5.41 Å². The molecule has 6 heteroatoms. The molecule has 0 atom stereocenters. The van der Waals surface area contributed by atoms with Gasteiger partial charge in [0, 0.05) is 17.3 Å². The summed E-state index contributed by atoms with van der Waals surface area (Å²) in [6.07, 6.45) is 1.66. The minimum absolute atomic E-state index is 0.0178. The van der Waals surface area contributed by atoms with Crippen LogP contribution in [-0.2, 0) is 15.0 Å². The van der Waals surface area contributed by atoms with Crippen molar-refractivity contribution < 1.29 is 14.3 Å². The van der Waals surface area contributed by atoms with Crippen molar-refractivity contribution in [1.82, 2.24) is 5.32 Å². The Hall–Kier alpha value is -2.53. The number of likely N-dealkylation sites (N-methyl/N-ethyl adjacent to an activating group) is 1. The predicted molar refractivity (Wildman–Crippen MR) is 102 cm³/mol. The molecule has 1 aliphatic rings. The molecule has 0 unspecified atom stereocenters. The van der Waals surface area contributed by atoms with Gasteiger partial charge in [0.2, 0.25) is 5.91 Å². The number of hydrogen-bond acceptors (Lipinski definition) is 3. The average molecular weight is 373 g/mol. The third-order valence-electron chi connectivity index (χ3n) is 4.44. The number of carbonyl (C=O) groups is 2. The molecule has 0 heterocycles. The van der Waals surface area contributed by atoms with Gasteiger partial charge in [-0.25, -0.2) is 0 Å². The molecule has 0 radical (unpaired) electrons. The molecule has 1 saturated carbocycles. The van der Waals surface area contributed by atoms with E-state index >= 15 is 0 Å². The minimum atomic E-state index is -0.460. The third-order valence-corrected chi connectivity index (χ3v) is 4.69. The standard InChI is InChI=1S/C20H21ClN2O3/c1-2-22-18(24)13-26-17-9-7-16(8-10-17)23-19(25)20(11-12-20)14-3-5-15(21)6-4-14/h3-10H,2,11-13H2,1H3,(H,22,24)(H,23,25). The fraction of sp³-hybridized carbons (Fsp3) is 0.300. The monoisotopic (exact) mass is 372 g/mol. The Morgan fingerprint density at radius 1 is 1.08 bits per heavy atom. The normalized spacial score (nSPS) is 14.4. The van der Waals surface area contributed by atoms with Gasteiger partial charge in [-0.3, -0.25) is 9.59 Å². The Labute approximate surface area is 157 Å². The van der Waals surface area contributed by atoms with E-state index in [0.717, 1.165) is 18.4 Å². The number of nitrogens with one attached hydrogen (secondary N) is 2. The van der Waals surface area contributed by atoms with Crippen molar-refractivity contribution >= 4 is 29.1 Å². The highest BCUT2D eigenvalue weighted by atomic mass is 35.5. The lowest BCUT2D eigenvalue weighted by atomic mass is 9.95. The van der Waals surface area contributed by atoms with Crippen molar-refractivity contribution in [1.29, 1.82) is 0 Å². The summed E-state index contributed by atoms with van der Waals surface area (Å²) in [6.45, 7) is 2.40. The summed E-state index contributed by atoms with van der Waals surface area (Å²) >= 11 is 5.93. The number of benzene rings is 2. The van der Waals surface area contributed by atoms with Gasteiger partial charge in [-0.2, -0.15) is 0 Å². The maximum absolute atomic E-state index is 12.7. The van der Waals surface area contributed by atoms with Crippen LogP contribution in [0.2, 0.25) is 5.02 Å². The molecule has 0 aromatic heterocycles. The molecule has 1 fully saturated rings. The van der Waals surface area contributed by atoms with Crippen LogP contribution in [0.5, 0.6) is 5.75 Å². The number of halogens is 1. The summed E-state index contributed by atoms with van der Waals surface area (Å²) in [5.41, 5.74) is 1.22. The van der Waals surface area contributed by atoms with Crippen LogP contribution in [-0.4, -0.2) is 25.0 Å². The topological polar surface area (TPSA) is 67.4 Å². The molecule has 3 rings (SSSR count). The van der Waals surface area contributed by atoms with E-state index in [2.05, 4.69) is 10.6 Å². The van der Waals surface area contributed by atoms with Gasteiger partial charge in [0.25, 0.3) is 5.91 Å². The van der Waals surface area contributed by atoms with Crippen molar-refractivity contribution in [2.45, 2.75) is 25.2 Å². The summed E-state index contributed by atoms with van der Waals surface area (Å²) in [4.78, 5) is 24.1. The van der Waals surface area contributed by atoms with E-state index in [0.29, 0.717) is 23.0 Å². The first-order valence-corrected chi connectivity index (χ1v) is 8.98. The number of amides is 2. The van der Waals surface area contributed by atoms with Gasteiger partial charge < -0.3 is 15.4 Å². The Kier molecular flexibility index (Phi) is 5.47. The Morgan fingerprint density at radius 3 is 2.31 bits per heavy atom. The fourth-order valence-corrected chi connectivity index (χ4v) is 2.95. The zero-order valence-electron chi connectivity index (χ0n) is 14.5. The van der Waals surface area contributed by atoms with Gasteiger partial charge in [0.1, 0.15) is 5.75 Å². The first-order valence-electron chi connectivity index (χ1n) is 8.60. The molecule has 0 aliphatic heterocycles. The van der Waals surface area contributed by atoms with E-state index in [1.54, 1.807) is 24.3 Å². The third kappa shape index (κ3) is 4.17. The van der Waals surface area contributed by atoms with Crippen molar-refractivity contribution in [3.05, 3.63) is 59.1 Å². The van der Waals surface area contributed by atoms with Crippen LogP contribution in [0.15, 0.2) is 48.5 Å². The maximum Gasteiger partial charge on any atom is 0.257 e. The van der Waals surface area contributed by atoms with Crippen molar-refractivity contribution in [3.63, 3.8) is 0 Å². The Morgan fingerprint density at radius 2 is 1.73 bits per heavy atom. The van der Waals surface area contributed by atoms with Gasteiger partial charge in [-0.15, -0.1) is 0 Å². The highest BCUT2D eigenvalue weighted by molar-refractivity contribution is 6.30. The fourth-order valence-electron chi connectivity index (χ4n) is 2.82. The number of anilines is 1. The average Bonchev–Trinajstić information content (AvgIpc) is 3.44. The first-order chi connectivity index (χ1) is 12.5. The minimum Gasteiger partial charge on any atom is -0.484 e. The molecule has 2 aromatic carbocycles. The molecule has 0 bridgehead atoms. The predicted octanol–water partition coefficient (Wildman–Crippen LogP) is 3.53. The van der Waals surface area contributed by atoms with E-state index in [-0.39, 0.29) is 18.4 Å². The highest BCUT2D eigenvalue weighted by Crippen LogP contribution is 2.49. The van der Waals surface area contributed by atoms with Crippen molar-refractivity contribution in [2.24, 2.45) is 0 Å². The van der Waals surface area contributed by atoms with Crippen LogP contribution in [0.25, 0.3) is 0 Å². The van der Waals surface area contributed by atoms with E-state index < -0.39 is 5.41 Å². The second-order valence-corrected chi connectivity index (χ2v) is 6.75. The molecule has 2 N–H and O–H groups in total. The molecule has 2 aromatic rings. The van der Waals surface area contributed by atoms with Crippen LogP contribution >= 0.6 is 11.6 Å².